The fraction of sp³-hybridized carbons (Fsp3) is 0.429. The predicted molar refractivity (Wildman–Crippen MR) is 114 cm³/mol. The maximum absolute atomic E-state index is 13.3. The van der Waals surface area contributed by atoms with E-state index in [1.165, 1.54) is 11.3 Å². The summed E-state index contributed by atoms with van der Waals surface area (Å²) in [5, 5.41) is 14.1. The van der Waals surface area contributed by atoms with Crippen LogP contribution in [0.3, 0.4) is 0 Å². The van der Waals surface area contributed by atoms with Crippen LogP contribution in [0.1, 0.15) is 24.6 Å². The molecule has 1 aliphatic rings. The third-order valence-corrected chi connectivity index (χ3v) is 6.19. The number of alkyl halides is 3. The molecule has 0 radical (unpaired) electrons. The molecule has 0 bridgehead atoms. The van der Waals surface area contributed by atoms with Crippen molar-refractivity contribution in [3.63, 3.8) is 0 Å². The Hall–Kier alpha value is -2.99. The smallest absolute Gasteiger partial charge is 0.391 e. The van der Waals surface area contributed by atoms with Crippen LogP contribution in [0.15, 0.2) is 29.8 Å². The molecule has 1 aromatic heterocycles. The SMILES string of the molecule is CC(=O)NC(C(=O)N1CC(O)C[C@H]1C(=O)NCc1ccc(-c2scnc2C)cc1)C(F)(F)F. The topological polar surface area (TPSA) is 112 Å². The molecule has 0 spiro atoms. The van der Waals surface area contributed by atoms with Crippen molar-refractivity contribution in [1.82, 2.24) is 20.5 Å². The van der Waals surface area contributed by atoms with Crippen LogP contribution in [-0.4, -0.2) is 63.6 Å². The van der Waals surface area contributed by atoms with E-state index in [9.17, 15) is 32.7 Å². The number of aliphatic hydroxyl groups excluding tert-OH is 1. The maximum atomic E-state index is 13.3. The number of aliphatic hydroxyl groups is 1. The van der Waals surface area contributed by atoms with Crippen molar-refractivity contribution < 1.29 is 32.7 Å². The quantitative estimate of drug-likeness (QED) is 0.579. The molecule has 1 fully saturated rings. The molecule has 0 saturated carbocycles. The maximum Gasteiger partial charge on any atom is 0.417 e. The van der Waals surface area contributed by atoms with Gasteiger partial charge in [-0.25, -0.2) is 4.98 Å². The average Bonchev–Trinajstić information content (AvgIpc) is 3.35. The normalized spacial score (nSPS) is 19.3. The summed E-state index contributed by atoms with van der Waals surface area (Å²) >= 11 is 1.51. The second-order valence-electron chi connectivity index (χ2n) is 7.75. The summed E-state index contributed by atoms with van der Waals surface area (Å²) in [4.78, 5) is 42.3. The van der Waals surface area contributed by atoms with E-state index >= 15 is 0 Å². The summed E-state index contributed by atoms with van der Waals surface area (Å²) in [7, 11) is 0. The van der Waals surface area contributed by atoms with Gasteiger partial charge in [-0.2, -0.15) is 13.2 Å². The molecule has 33 heavy (non-hydrogen) atoms. The second-order valence-corrected chi connectivity index (χ2v) is 8.61. The number of β-amino-alcohol motifs (C(OH)–C–C–N with tert-alkyl or cyclic N) is 1. The highest BCUT2D eigenvalue weighted by atomic mass is 32.1. The molecule has 2 heterocycles. The van der Waals surface area contributed by atoms with E-state index in [1.54, 1.807) is 23.0 Å². The van der Waals surface area contributed by atoms with Gasteiger partial charge in [0.2, 0.25) is 17.9 Å². The van der Waals surface area contributed by atoms with Crippen LogP contribution < -0.4 is 10.6 Å². The molecule has 12 heteroatoms. The summed E-state index contributed by atoms with van der Waals surface area (Å²) in [6.07, 6.45) is -6.40. The van der Waals surface area contributed by atoms with E-state index in [4.69, 9.17) is 0 Å². The summed E-state index contributed by atoms with van der Waals surface area (Å²) < 4.78 is 39.9. The lowest BCUT2D eigenvalue weighted by molar-refractivity contribution is -0.179. The van der Waals surface area contributed by atoms with Crippen molar-refractivity contribution in [2.24, 2.45) is 0 Å². The van der Waals surface area contributed by atoms with Gasteiger partial charge >= 0.3 is 6.18 Å². The zero-order valence-electron chi connectivity index (χ0n) is 17.8. The molecule has 178 valence electrons. The zero-order valence-corrected chi connectivity index (χ0v) is 18.7. The van der Waals surface area contributed by atoms with Gasteiger partial charge in [0.1, 0.15) is 6.04 Å². The first-order valence-electron chi connectivity index (χ1n) is 10.1. The fourth-order valence-electron chi connectivity index (χ4n) is 3.62. The number of nitrogens with zero attached hydrogens (tertiary/aromatic N) is 2. The van der Waals surface area contributed by atoms with E-state index in [-0.39, 0.29) is 13.0 Å². The Bertz CT molecular complexity index is 1030. The lowest BCUT2D eigenvalue weighted by Gasteiger charge is -2.29. The lowest BCUT2D eigenvalue weighted by atomic mass is 10.1. The van der Waals surface area contributed by atoms with Crippen molar-refractivity contribution in [3.8, 4) is 10.4 Å². The molecule has 8 nitrogen and oxygen atoms in total. The first-order valence-corrected chi connectivity index (χ1v) is 10.9. The number of halogens is 3. The van der Waals surface area contributed by atoms with Gasteiger partial charge < -0.3 is 20.6 Å². The Morgan fingerprint density at radius 2 is 1.94 bits per heavy atom. The van der Waals surface area contributed by atoms with Gasteiger partial charge in [-0.3, -0.25) is 14.4 Å². The van der Waals surface area contributed by atoms with Crippen LogP contribution in [-0.2, 0) is 20.9 Å². The van der Waals surface area contributed by atoms with Gasteiger partial charge in [-0.1, -0.05) is 24.3 Å². The van der Waals surface area contributed by atoms with Crippen molar-refractivity contribution >= 4 is 29.1 Å². The lowest BCUT2D eigenvalue weighted by Crippen LogP contribution is -2.58. The molecule has 3 atom stereocenters. The van der Waals surface area contributed by atoms with Crippen molar-refractivity contribution in [3.05, 3.63) is 41.0 Å². The largest absolute Gasteiger partial charge is 0.417 e. The van der Waals surface area contributed by atoms with Crippen LogP contribution in [0.4, 0.5) is 13.2 Å². The zero-order chi connectivity index (χ0) is 24.3. The predicted octanol–water partition coefficient (Wildman–Crippen LogP) is 1.76. The van der Waals surface area contributed by atoms with E-state index in [0.29, 0.717) is 4.90 Å². The van der Waals surface area contributed by atoms with Gasteiger partial charge in [0.15, 0.2) is 0 Å². The summed E-state index contributed by atoms with van der Waals surface area (Å²) in [5.74, 6) is -3.21. The number of thiazole rings is 1. The monoisotopic (exact) mass is 484 g/mol. The minimum Gasteiger partial charge on any atom is -0.391 e. The molecule has 3 rings (SSSR count). The Kier molecular flexibility index (Phi) is 7.38. The molecule has 3 N–H and O–H groups in total. The molecule has 1 aliphatic heterocycles. The standard InChI is InChI=1S/C21H23F3N4O4S/c1-11-17(33-10-26-11)14-5-3-13(4-6-14)8-25-19(31)16-7-15(30)9-28(16)20(32)18(21(22,23)24)27-12(2)29/h3-6,10,15-16,18,30H,7-9H2,1-2H3,(H,25,31)(H,27,29)/t15?,16-,18?/m0/s1. The Morgan fingerprint density at radius 3 is 2.48 bits per heavy atom. The van der Waals surface area contributed by atoms with Gasteiger partial charge in [0.05, 0.1) is 22.2 Å². The van der Waals surface area contributed by atoms with Gasteiger partial charge in [-0.15, -0.1) is 11.3 Å². The van der Waals surface area contributed by atoms with Crippen molar-refractivity contribution in [2.45, 2.75) is 51.2 Å². The number of amides is 3. The summed E-state index contributed by atoms with van der Waals surface area (Å²) in [6, 6.07) is 3.27. The number of carbonyl (C=O) groups excluding carboxylic acids is 3. The number of aromatic nitrogens is 1. The molecule has 1 aromatic carbocycles. The molecule has 3 amide bonds. The number of nitrogens with one attached hydrogen (secondary N) is 2. The number of rotatable bonds is 6. The van der Waals surface area contributed by atoms with Crippen LogP contribution in [0, 0.1) is 6.92 Å². The van der Waals surface area contributed by atoms with Gasteiger partial charge in [-0.05, 0) is 18.1 Å². The Balaban J connectivity index is 1.67. The Morgan fingerprint density at radius 1 is 1.27 bits per heavy atom. The first-order chi connectivity index (χ1) is 15.5. The summed E-state index contributed by atoms with van der Waals surface area (Å²) in [5.41, 5.74) is 4.37. The average molecular weight is 485 g/mol. The van der Waals surface area contributed by atoms with E-state index in [2.05, 4.69) is 10.3 Å². The van der Waals surface area contributed by atoms with Crippen LogP contribution in [0.25, 0.3) is 10.4 Å². The molecule has 2 unspecified atom stereocenters. The highest BCUT2D eigenvalue weighted by Crippen LogP contribution is 2.28. The van der Waals surface area contributed by atoms with E-state index in [1.807, 2.05) is 19.1 Å². The molecule has 0 aliphatic carbocycles. The minimum atomic E-state index is -5.05. The van der Waals surface area contributed by atoms with E-state index in [0.717, 1.165) is 28.6 Å². The van der Waals surface area contributed by atoms with E-state index < -0.39 is 48.6 Å². The van der Waals surface area contributed by atoms with Crippen molar-refractivity contribution in [2.75, 3.05) is 6.54 Å². The Labute approximate surface area is 191 Å². The number of benzene rings is 1. The van der Waals surface area contributed by atoms with Gasteiger partial charge in [0.25, 0.3) is 5.91 Å². The number of hydrogen-bond donors (Lipinski definition) is 3. The fourth-order valence-corrected chi connectivity index (χ4v) is 4.43. The molecular formula is C21H23F3N4O4S. The molecule has 1 saturated heterocycles. The number of carbonyl (C=O) groups is 3. The van der Waals surface area contributed by atoms with Crippen LogP contribution in [0.2, 0.25) is 0 Å². The summed E-state index contributed by atoms with van der Waals surface area (Å²) in [6.45, 7) is 2.41. The molecule has 2 aromatic rings. The third-order valence-electron chi connectivity index (χ3n) is 5.21. The highest BCUT2D eigenvalue weighted by Gasteiger charge is 2.51. The minimum absolute atomic E-state index is 0.0871. The highest BCUT2D eigenvalue weighted by molar-refractivity contribution is 7.13. The van der Waals surface area contributed by atoms with Crippen LogP contribution >= 0.6 is 11.3 Å². The first kappa shape index (κ1) is 24.6. The second kappa shape index (κ2) is 9.87. The number of aryl methyl sites for hydroxylation is 1. The van der Waals surface area contributed by atoms with Gasteiger partial charge in [0, 0.05) is 26.4 Å². The number of hydrogen-bond acceptors (Lipinski definition) is 6. The number of likely N-dealkylation sites (tertiary alicyclic amines) is 1. The van der Waals surface area contributed by atoms with Crippen LogP contribution in [0.5, 0.6) is 0 Å². The third kappa shape index (κ3) is 5.88. The van der Waals surface area contributed by atoms with Crippen molar-refractivity contribution in [1.29, 1.82) is 0 Å². The molecular weight excluding hydrogens is 461 g/mol.